The average molecular weight is 415 g/mol. The zero-order valence-electron chi connectivity index (χ0n) is 16.1. The summed E-state index contributed by atoms with van der Waals surface area (Å²) in [5.74, 6) is 1.13. The zero-order chi connectivity index (χ0) is 19.9. The van der Waals surface area contributed by atoms with Gasteiger partial charge in [-0.15, -0.1) is 21.5 Å². The quantitative estimate of drug-likeness (QED) is 0.567. The molecule has 0 unspecified atom stereocenters. The summed E-state index contributed by atoms with van der Waals surface area (Å²) in [6, 6.07) is 11.7. The number of ether oxygens (including phenoxy) is 1. The second kappa shape index (κ2) is 9.66. The summed E-state index contributed by atoms with van der Waals surface area (Å²) in [5.41, 5.74) is 2.94. The van der Waals surface area contributed by atoms with Gasteiger partial charge < -0.3 is 10.1 Å². The van der Waals surface area contributed by atoms with Crippen molar-refractivity contribution in [3.63, 3.8) is 0 Å². The van der Waals surface area contributed by atoms with Gasteiger partial charge >= 0.3 is 0 Å². The van der Waals surface area contributed by atoms with E-state index in [4.69, 9.17) is 4.74 Å². The van der Waals surface area contributed by atoms with Crippen molar-refractivity contribution in [2.75, 3.05) is 19.4 Å². The van der Waals surface area contributed by atoms with E-state index in [0.717, 1.165) is 44.0 Å². The number of hydrogen-bond acceptors (Lipinski definition) is 7. The average Bonchev–Trinajstić information content (AvgIpc) is 3.05. The topological polar surface area (TPSA) is 77.0 Å². The minimum absolute atomic E-state index is 0.0154. The molecule has 0 aliphatic heterocycles. The summed E-state index contributed by atoms with van der Waals surface area (Å²) in [4.78, 5) is 17.5. The third-order valence-corrected chi connectivity index (χ3v) is 6.04. The molecule has 0 fully saturated rings. The van der Waals surface area contributed by atoms with Crippen molar-refractivity contribution in [1.29, 1.82) is 0 Å². The van der Waals surface area contributed by atoms with Crippen LogP contribution in [0.1, 0.15) is 16.3 Å². The second-order valence-corrected chi connectivity index (χ2v) is 8.34. The standard InChI is InChI=1S/C20H22N4O2S2/c1-13-20(28-14(2)22-13)17-8-9-19(24-23-17)27-12-18(25)21-11-10-15-4-6-16(26-3)7-5-15/h4-9H,10-12H2,1-3H3,(H,21,25). The molecule has 0 atom stereocenters. The highest BCUT2D eigenvalue weighted by molar-refractivity contribution is 7.99. The molecule has 1 N–H and O–H groups in total. The van der Waals surface area contributed by atoms with Crippen LogP contribution < -0.4 is 10.1 Å². The number of thioether (sulfide) groups is 1. The molecule has 0 radical (unpaired) electrons. The fraction of sp³-hybridized carbons (Fsp3) is 0.300. The monoisotopic (exact) mass is 414 g/mol. The first-order valence-electron chi connectivity index (χ1n) is 8.85. The van der Waals surface area contributed by atoms with Gasteiger partial charge in [0.2, 0.25) is 5.91 Å². The third-order valence-electron chi connectivity index (χ3n) is 4.02. The molecule has 3 aromatic rings. The van der Waals surface area contributed by atoms with Crippen LogP contribution in [0, 0.1) is 13.8 Å². The number of carbonyl (C=O) groups excluding carboxylic acids is 1. The molecule has 1 aromatic carbocycles. The number of nitrogens with zero attached hydrogens (tertiary/aromatic N) is 3. The van der Waals surface area contributed by atoms with Crippen LogP contribution in [0.15, 0.2) is 41.4 Å². The fourth-order valence-electron chi connectivity index (χ4n) is 2.62. The SMILES string of the molecule is COc1ccc(CCNC(=O)CSc2ccc(-c3sc(C)nc3C)nn2)cc1. The van der Waals surface area contributed by atoms with E-state index in [2.05, 4.69) is 20.5 Å². The molecule has 146 valence electrons. The van der Waals surface area contributed by atoms with Gasteiger partial charge in [0.1, 0.15) is 16.5 Å². The van der Waals surface area contributed by atoms with Crippen LogP contribution in [0.4, 0.5) is 0 Å². The number of thiazole rings is 1. The van der Waals surface area contributed by atoms with Gasteiger partial charge in [-0.3, -0.25) is 4.79 Å². The van der Waals surface area contributed by atoms with E-state index in [1.54, 1.807) is 18.4 Å². The predicted octanol–water partition coefficient (Wildman–Crippen LogP) is 3.68. The molecule has 0 saturated heterocycles. The highest BCUT2D eigenvalue weighted by Crippen LogP contribution is 2.28. The van der Waals surface area contributed by atoms with Crippen LogP contribution in [-0.4, -0.2) is 40.5 Å². The lowest BCUT2D eigenvalue weighted by Gasteiger charge is -2.06. The Morgan fingerprint density at radius 2 is 1.93 bits per heavy atom. The van der Waals surface area contributed by atoms with Crippen LogP contribution in [0.25, 0.3) is 10.6 Å². The number of amides is 1. The Bertz CT molecular complexity index is 924. The van der Waals surface area contributed by atoms with Crippen molar-refractivity contribution in [3.8, 4) is 16.3 Å². The number of aromatic nitrogens is 3. The lowest BCUT2D eigenvalue weighted by Crippen LogP contribution is -2.27. The first kappa shape index (κ1) is 20.3. The smallest absolute Gasteiger partial charge is 0.230 e. The molecule has 8 heteroatoms. The third kappa shape index (κ3) is 5.53. The van der Waals surface area contributed by atoms with E-state index < -0.39 is 0 Å². The summed E-state index contributed by atoms with van der Waals surface area (Å²) < 4.78 is 5.14. The molecule has 0 saturated carbocycles. The van der Waals surface area contributed by atoms with Crippen molar-refractivity contribution in [3.05, 3.63) is 52.7 Å². The molecule has 2 heterocycles. The fourth-order valence-corrected chi connectivity index (χ4v) is 4.14. The summed E-state index contributed by atoms with van der Waals surface area (Å²) >= 11 is 2.99. The molecular formula is C20H22N4O2S2. The van der Waals surface area contributed by atoms with Gasteiger partial charge in [-0.25, -0.2) is 4.98 Å². The van der Waals surface area contributed by atoms with E-state index >= 15 is 0 Å². The number of nitrogens with one attached hydrogen (secondary N) is 1. The minimum Gasteiger partial charge on any atom is -0.497 e. The van der Waals surface area contributed by atoms with E-state index in [1.165, 1.54) is 11.8 Å². The number of aryl methyl sites for hydroxylation is 2. The first-order chi connectivity index (χ1) is 13.5. The van der Waals surface area contributed by atoms with E-state index in [-0.39, 0.29) is 5.91 Å². The summed E-state index contributed by atoms with van der Waals surface area (Å²) in [6.45, 7) is 4.55. The molecular weight excluding hydrogens is 392 g/mol. The Labute approximate surface area is 172 Å². The van der Waals surface area contributed by atoms with Gasteiger partial charge in [-0.2, -0.15) is 0 Å². The molecule has 0 spiro atoms. The van der Waals surface area contributed by atoms with Crippen molar-refractivity contribution in [2.24, 2.45) is 0 Å². The van der Waals surface area contributed by atoms with Gasteiger partial charge in [0.05, 0.1) is 28.4 Å². The lowest BCUT2D eigenvalue weighted by molar-refractivity contribution is -0.118. The van der Waals surface area contributed by atoms with Gasteiger partial charge in [0, 0.05) is 6.54 Å². The van der Waals surface area contributed by atoms with E-state index in [9.17, 15) is 4.79 Å². The van der Waals surface area contributed by atoms with Gasteiger partial charge in [0.25, 0.3) is 0 Å². The van der Waals surface area contributed by atoms with Crippen molar-refractivity contribution < 1.29 is 9.53 Å². The molecule has 1 amide bonds. The predicted molar refractivity (Wildman–Crippen MR) is 113 cm³/mol. The second-order valence-electron chi connectivity index (χ2n) is 6.14. The maximum Gasteiger partial charge on any atom is 0.230 e. The highest BCUT2D eigenvalue weighted by Gasteiger charge is 2.10. The van der Waals surface area contributed by atoms with Crippen LogP contribution in [0.5, 0.6) is 5.75 Å². The van der Waals surface area contributed by atoms with Crippen LogP contribution >= 0.6 is 23.1 Å². The first-order valence-corrected chi connectivity index (χ1v) is 10.7. The highest BCUT2D eigenvalue weighted by atomic mass is 32.2. The molecule has 6 nitrogen and oxygen atoms in total. The van der Waals surface area contributed by atoms with Crippen molar-refractivity contribution in [2.45, 2.75) is 25.3 Å². The largest absolute Gasteiger partial charge is 0.497 e. The van der Waals surface area contributed by atoms with Gasteiger partial charge in [0.15, 0.2) is 0 Å². The van der Waals surface area contributed by atoms with Crippen molar-refractivity contribution in [1.82, 2.24) is 20.5 Å². The van der Waals surface area contributed by atoms with Crippen LogP contribution in [0.3, 0.4) is 0 Å². The van der Waals surface area contributed by atoms with E-state index in [0.29, 0.717) is 12.3 Å². The number of carbonyl (C=O) groups is 1. The zero-order valence-corrected chi connectivity index (χ0v) is 17.7. The Kier molecular flexibility index (Phi) is 7.00. The number of rotatable bonds is 8. The number of benzene rings is 1. The summed E-state index contributed by atoms with van der Waals surface area (Å²) in [5, 5.41) is 13.2. The molecule has 2 aromatic heterocycles. The van der Waals surface area contributed by atoms with Crippen molar-refractivity contribution >= 4 is 29.0 Å². The van der Waals surface area contributed by atoms with E-state index in [1.807, 2.05) is 50.2 Å². The van der Waals surface area contributed by atoms with Gasteiger partial charge in [-0.05, 0) is 50.1 Å². The molecule has 0 aliphatic carbocycles. The molecule has 3 rings (SSSR count). The molecule has 0 aliphatic rings. The Morgan fingerprint density at radius 3 is 2.54 bits per heavy atom. The van der Waals surface area contributed by atoms with Crippen LogP contribution in [0.2, 0.25) is 0 Å². The summed E-state index contributed by atoms with van der Waals surface area (Å²) in [7, 11) is 1.65. The Balaban J connectivity index is 1.43. The molecule has 0 bridgehead atoms. The number of hydrogen-bond donors (Lipinski definition) is 1. The maximum absolute atomic E-state index is 12.0. The Morgan fingerprint density at radius 1 is 1.14 bits per heavy atom. The normalized spacial score (nSPS) is 10.7. The van der Waals surface area contributed by atoms with Crippen LogP contribution in [-0.2, 0) is 11.2 Å². The Hall–Kier alpha value is -2.45. The lowest BCUT2D eigenvalue weighted by atomic mass is 10.1. The van der Waals surface area contributed by atoms with Gasteiger partial charge in [-0.1, -0.05) is 23.9 Å². The number of methoxy groups -OCH3 is 1. The molecule has 28 heavy (non-hydrogen) atoms. The summed E-state index contributed by atoms with van der Waals surface area (Å²) in [6.07, 6.45) is 0.780. The minimum atomic E-state index is -0.0154. The maximum atomic E-state index is 12.0.